The van der Waals surface area contributed by atoms with Crippen LogP contribution in [0.4, 0.5) is 0 Å². The molecule has 112 valence electrons. The molecule has 4 aromatic rings. The highest BCUT2D eigenvalue weighted by Crippen LogP contribution is 2.16. The van der Waals surface area contributed by atoms with Crippen LogP contribution >= 0.6 is 0 Å². The van der Waals surface area contributed by atoms with Gasteiger partial charge in [-0.2, -0.15) is 10.1 Å². The molecule has 2 aromatic heterocycles. The van der Waals surface area contributed by atoms with Gasteiger partial charge in [-0.15, -0.1) is 0 Å². The van der Waals surface area contributed by atoms with Gasteiger partial charge in [0.15, 0.2) is 0 Å². The molecule has 0 N–H and O–H groups in total. The summed E-state index contributed by atoms with van der Waals surface area (Å²) in [5.41, 5.74) is 1.52. The van der Waals surface area contributed by atoms with Crippen molar-refractivity contribution < 1.29 is 4.52 Å². The van der Waals surface area contributed by atoms with Crippen LogP contribution < -0.4 is 5.43 Å². The van der Waals surface area contributed by atoms with Crippen molar-refractivity contribution >= 4 is 10.9 Å². The molecule has 0 aliphatic rings. The maximum absolute atomic E-state index is 11.8. The van der Waals surface area contributed by atoms with Crippen LogP contribution in [-0.2, 0) is 6.54 Å². The van der Waals surface area contributed by atoms with Gasteiger partial charge in [-0.25, -0.2) is 0 Å². The van der Waals surface area contributed by atoms with Crippen molar-refractivity contribution in [1.82, 2.24) is 19.9 Å². The van der Waals surface area contributed by atoms with Crippen molar-refractivity contribution in [1.29, 1.82) is 0 Å². The van der Waals surface area contributed by atoms with E-state index in [-0.39, 0.29) is 5.43 Å². The molecule has 0 amide bonds. The normalized spacial score (nSPS) is 11.0. The van der Waals surface area contributed by atoms with Crippen LogP contribution in [0.1, 0.15) is 5.89 Å². The number of rotatable bonds is 3. The fourth-order valence-corrected chi connectivity index (χ4v) is 2.44. The number of para-hydroxylation sites is 1. The molecule has 0 saturated heterocycles. The molecule has 0 spiro atoms. The number of nitrogens with zero attached hydrogens (tertiary/aromatic N) is 4. The minimum atomic E-state index is -0.104. The summed E-state index contributed by atoms with van der Waals surface area (Å²) < 4.78 is 6.98. The van der Waals surface area contributed by atoms with Gasteiger partial charge in [0.05, 0.1) is 11.7 Å². The third-order valence-corrected chi connectivity index (χ3v) is 3.55. The molecule has 0 atom stereocenters. The molecule has 0 fully saturated rings. The summed E-state index contributed by atoms with van der Waals surface area (Å²) in [6, 6.07) is 16.9. The molecular weight excluding hydrogens is 292 g/mol. The minimum Gasteiger partial charge on any atom is -0.337 e. The van der Waals surface area contributed by atoms with E-state index in [9.17, 15) is 4.79 Å². The molecule has 2 heterocycles. The molecule has 2 aromatic carbocycles. The molecule has 6 nitrogen and oxygen atoms in total. The maximum Gasteiger partial charge on any atom is 0.248 e. The molecule has 0 aliphatic carbocycles. The fraction of sp³-hybridized carbons (Fsp3) is 0.0588. The second-order valence-electron chi connectivity index (χ2n) is 5.06. The van der Waals surface area contributed by atoms with E-state index in [4.69, 9.17) is 4.52 Å². The molecule has 0 unspecified atom stereocenters. The van der Waals surface area contributed by atoms with E-state index in [1.54, 1.807) is 10.7 Å². The standard InChI is InChI=1S/C17H12N4O2/c22-15-10-18-21(14-9-5-4-8-13(14)15)11-16-19-17(20-23-16)12-6-2-1-3-7-12/h1-10H,11H2. The van der Waals surface area contributed by atoms with Gasteiger partial charge in [-0.1, -0.05) is 47.6 Å². The molecule has 23 heavy (non-hydrogen) atoms. The van der Waals surface area contributed by atoms with Crippen molar-refractivity contribution in [2.24, 2.45) is 0 Å². The Bertz CT molecular complexity index is 1020. The maximum atomic E-state index is 11.8. The van der Waals surface area contributed by atoms with Gasteiger partial charge in [-0.3, -0.25) is 9.48 Å². The Kier molecular flexibility index (Phi) is 3.20. The number of hydrogen-bond acceptors (Lipinski definition) is 5. The highest BCUT2D eigenvalue weighted by molar-refractivity contribution is 5.77. The van der Waals surface area contributed by atoms with Crippen LogP contribution in [-0.4, -0.2) is 19.9 Å². The summed E-state index contributed by atoms with van der Waals surface area (Å²) in [6.45, 7) is 0.306. The molecule has 6 heteroatoms. The average Bonchev–Trinajstić information content (AvgIpc) is 3.07. The third-order valence-electron chi connectivity index (χ3n) is 3.55. The molecule has 4 rings (SSSR count). The van der Waals surface area contributed by atoms with Crippen LogP contribution in [0.2, 0.25) is 0 Å². The third kappa shape index (κ3) is 2.50. The van der Waals surface area contributed by atoms with Gasteiger partial charge in [0, 0.05) is 10.9 Å². The Balaban J connectivity index is 1.71. The lowest BCUT2D eigenvalue weighted by Crippen LogP contribution is -2.13. The smallest absolute Gasteiger partial charge is 0.248 e. The molecule has 0 radical (unpaired) electrons. The predicted octanol–water partition coefficient (Wildman–Crippen LogP) is 2.49. The second-order valence-corrected chi connectivity index (χ2v) is 5.06. The Morgan fingerprint density at radius 2 is 1.78 bits per heavy atom. The monoisotopic (exact) mass is 304 g/mol. The molecule has 0 aliphatic heterocycles. The number of aromatic nitrogens is 4. The van der Waals surface area contributed by atoms with Crippen LogP contribution in [0.3, 0.4) is 0 Å². The van der Waals surface area contributed by atoms with Crippen molar-refractivity contribution in [2.75, 3.05) is 0 Å². The Morgan fingerprint density at radius 1 is 1.00 bits per heavy atom. The number of fused-ring (bicyclic) bond motifs is 1. The summed E-state index contributed by atoms with van der Waals surface area (Å²) >= 11 is 0. The van der Waals surface area contributed by atoms with Gasteiger partial charge in [-0.05, 0) is 12.1 Å². The van der Waals surface area contributed by atoms with Crippen LogP contribution in [0.15, 0.2) is 70.1 Å². The predicted molar refractivity (Wildman–Crippen MR) is 84.8 cm³/mol. The van der Waals surface area contributed by atoms with Crippen LogP contribution in [0.25, 0.3) is 22.3 Å². The van der Waals surface area contributed by atoms with E-state index in [2.05, 4.69) is 15.2 Å². The van der Waals surface area contributed by atoms with Crippen LogP contribution in [0.5, 0.6) is 0 Å². The summed E-state index contributed by atoms with van der Waals surface area (Å²) in [6.07, 6.45) is 1.30. The zero-order valence-corrected chi connectivity index (χ0v) is 12.1. The Morgan fingerprint density at radius 3 is 2.65 bits per heavy atom. The number of benzene rings is 2. The average molecular weight is 304 g/mol. The van der Waals surface area contributed by atoms with E-state index in [1.165, 1.54) is 6.20 Å². The highest BCUT2D eigenvalue weighted by Gasteiger charge is 2.11. The SMILES string of the molecule is O=c1cnn(Cc2nc(-c3ccccc3)no2)c2ccccc12. The van der Waals surface area contributed by atoms with Gasteiger partial charge < -0.3 is 4.52 Å². The molecule has 0 bridgehead atoms. The first kappa shape index (κ1) is 13.4. The van der Waals surface area contributed by atoms with Gasteiger partial charge in [0.25, 0.3) is 0 Å². The summed E-state index contributed by atoms with van der Waals surface area (Å²) in [4.78, 5) is 16.2. The van der Waals surface area contributed by atoms with E-state index in [0.717, 1.165) is 11.1 Å². The first-order valence-electron chi connectivity index (χ1n) is 7.14. The van der Waals surface area contributed by atoms with Crippen molar-refractivity contribution in [3.05, 3.63) is 76.9 Å². The zero-order chi connectivity index (χ0) is 15.6. The summed E-state index contributed by atoms with van der Waals surface area (Å²) in [5.74, 6) is 0.969. The van der Waals surface area contributed by atoms with E-state index >= 15 is 0 Å². The van der Waals surface area contributed by atoms with Crippen molar-refractivity contribution in [3.8, 4) is 11.4 Å². The lowest BCUT2D eigenvalue weighted by molar-refractivity contribution is 0.367. The first-order chi connectivity index (χ1) is 11.3. The summed E-state index contributed by atoms with van der Waals surface area (Å²) in [5, 5.41) is 8.77. The van der Waals surface area contributed by atoms with Crippen molar-refractivity contribution in [3.63, 3.8) is 0 Å². The molecular formula is C17H12N4O2. The van der Waals surface area contributed by atoms with Crippen molar-refractivity contribution in [2.45, 2.75) is 6.54 Å². The first-order valence-corrected chi connectivity index (χ1v) is 7.14. The topological polar surface area (TPSA) is 73.8 Å². The lowest BCUT2D eigenvalue weighted by Gasteiger charge is -2.05. The van der Waals surface area contributed by atoms with Gasteiger partial charge >= 0.3 is 0 Å². The zero-order valence-electron chi connectivity index (χ0n) is 12.1. The quantitative estimate of drug-likeness (QED) is 0.581. The lowest BCUT2D eigenvalue weighted by atomic mass is 10.2. The Hall–Kier alpha value is -3.28. The minimum absolute atomic E-state index is 0.104. The van der Waals surface area contributed by atoms with Gasteiger partial charge in [0.2, 0.25) is 17.1 Å². The summed E-state index contributed by atoms with van der Waals surface area (Å²) in [7, 11) is 0. The van der Waals surface area contributed by atoms with E-state index < -0.39 is 0 Å². The van der Waals surface area contributed by atoms with E-state index in [1.807, 2.05) is 48.5 Å². The number of hydrogen-bond donors (Lipinski definition) is 0. The molecule has 0 saturated carbocycles. The van der Waals surface area contributed by atoms with Gasteiger partial charge in [0.1, 0.15) is 6.54 Å². The fourth-order valence-electron chi connectivity index (χ4n) is 2.44. The van der Waals surface area contributed by atoms with E-state index in [0.29, 0.717) is 23.6 Å². The second kappa shape index (κ2) is 5.49. The van der Waals surface area contributed by atoms with Crippen LogP contribution in [0, 0.1) is 0 Å². The Labute approximate surface area is 131 Å². The highest BCUT2D eigenvalue weighted by atomic mass is 16.5. The largest absolute Gasteiger partial charge is 0.337 e.